The summed E-state index contributed by atoms with van der Waals surface area (Å²) in [5, 5.41) is 0. The van der Waals surface area contributed by atoms with Crippen molar-refractivity contribution in [2.24, 2.45) is 23.7 Å². The summed E-state index contributed by atoms with van der Waals surface area (Å²) >= 11 is 0. The normalized spacial score (nSPS) is 23.2. The molecular weight excluding hydrogens is 348 g/mol. The number of hydrogen-bond acceptors (Lipinski definition) is 0. The van der Waals surface area contributed by atoms with Gasteiger partial charge in [0.2, 0.25) is 0 Å². The van der Waals surface area contributed by atoms with Gasteiger partial charge in [-0.05, 0) is 36.5 Å². The Morgan fingerprint density at radius 1 is 0.483 bits per heavy atom. The van der Waals surface area contributed by atoms with E-state index < -0.39 is 0 Å². The van der Waals surface area contributed by atoms with Gasteiger partial charge in [-0.3, -0.25) is 0 Å². The van der Waals surface area contributed by atoms with Crippen LogP contribution in [0.15, 0.2) is 0 Å². The smallest absolute Gasteiger partial charge is 0.0386 e. The van der Waals surface area contributed by atoms with Crippen molar-refractivity contribution in [1.29, 1.82) is 0 Å². The Bertz CT molecular complexity index is 259. The molecule has 1 saturated carbocycles. The molecule has 1 aliphatic carbocycles. The zero-order valence-electron chi connectivity index (χ0n) is 21.6. The van der Waals surface area contributed by atoms with Gasteiger partial charge in [0.05, 0.1) is 0 Å². The maximum atomic E-state index is 2.50. The highest BCUT2D eigenvalue weighted by molar-refractivity contribution is 4.82. The summed E-state index contributed by atoms with van der Waals surface area (Å²) in [4.78, 5) is 0. The zero-order valence-corrected chi connectivity index (χ0v) is 21.6. The highest BCUT2D eigenvalue weighted by Crippen LogP contribution is 2.41. The van der Waals surface area contributed by atoms with Crippen molar-refractivity contribution in [3.8, 4) is 0 Å². The van der Waals surface area contributed by atoms with Crippen molar-refractivity contribution in [3.63, 3.8) is 0 Å². The predicted octanol–water partition coefficient (Wildman–Crippen LogP) is 11.5. The Kier molecular flexibility index (Phi) is 30.2. The van der Waals surface area contributed by atoms with Crippen LogP contribution in [0.4, 0.5) is 0 Å². The van der Waals surface area contributed by atoms with E-state index in [1.165, 1.54) is 103 Å². The Labute approximate surface area is 189 Å². The summed E-state index contributed by atoms with van der Waals surface area (Å²) in [6, 6.07) is 0. The molecule has 0 spiro atoms. The van der Waals surface area contributed by atoms with Crippen molar-refractivity contribution in [1.82, 2.24) is 0 Å². The molecule has 4 atom stereocenters. The van der Waals surface area contributed by atoms with Crippen LogP contribution >= 0.6 is 0 Å². The van der Waals surface area contributed by atoms with E-state index in [1.54, 1.807) is 0 Å². The minimum absolute atomic E-state index is 0. The van der Waals surface area contributed by atoms with E-state index in [9.17, 15) is 0 Å². The first kappa shape index (κ1) is 33.6. The first-order valence-corrected chi connectivity index (χ1v) is 13.5. The van der Waals surface area contributed by atoms with Gasteiger partial charge in [0.1, 0.15) is 0 Å². The third kappa shape index (κ3) is 19.7. The van der Waals surface area contributed by atoms with Crippen LogP contribution in [0.2, 0.25) is 0 Å². The monoisotopic (exact) mass is 413 g/mol. The lowest BCUT2D eigenvalue weighted by Gasteiger charge is -2.40. The van der Waals surface area contributed by atoms with Crippen LogP contribution in [0.3, 0.4) is 0 Å². The highest BCUT2D eigenvalue weighted by Gasteiger charge is 2.32. The Morgan fingerprint density at radius 2 is 0.862 bits per heavy atom. The molecule has 0 aromatic heterocycles. The average Bonchev–Trinajstić information content (AvgIpc) is 2.70. The molecule has 0 heteroatoms. The molecule has 0 aromatic carbocycles. The first-order chi connectivity index (χ1) is 13.5. The molecule has 0 aliphatic heterocycles. The van der Waals surface area contributed by atoms with Crippen LogP contribution in [-0.2, 0) is 0 Å². The molecule has 1 fully saturated rings. The highest BCUT2D eigenvalue weighted by atomic mass is 14.4. The summed E-state index contributed by atoms with van der Waals surface area (Å²) < 4.78 is 0. The molecule has 1 aliphatic rings. The van der Waals surface area contributed by atoms with Crippen molar-refractivity contribution in [3.05, 3.63) is 0 Å². The van der Waals surface area contributed by atoms with Gasteiger partial charge >= 0.3 is 0 Å². The van der Waals surface area contributed by atoms with Gasteiger partial charge in [0, 0.05) is 0 Å². The Hall–Kier alpha value is 0. The molecule has 0 saturated heterocycles. The minimum atomic E-state index is 0. The molecule has 0 bridgehead atoms. The van der Waals surface area contributed by atoms with Gasteiger partial charge in [-0.15, -0.1) is 0 Å². The fraction of sp³-hybridized carbons (Fsp3) is 1.00. The van der Waals surface area contributed by atoms with Gasteiger partial charge in [-0.2, -0.15) is 0 Å². The Balaban J connectivity index is -0.000000409. The first-order valence-electron chi connectivity index (χ1n) is 13.5. The maximum absolute atomic E-state index is 2.50. The molecule has 0 N–H and O–H groups in total. The van der Waals surface area contributed by atoms with Crippen molar-refractivity contribution < 1.29 is 0 Å². The van der Waals surface area contributed by atoms with Crippen molar-refractivity contribution >= 4 is 0 Å². The molecule has 1 rings (SSSR count). The number of unbranched alkanes of at least 4 members (excludes halogenated alkanes) is 9. The van der Waals surface area contributed by atoms with Crippen LogP contribution < -0.4 is 0 Å². The molecule has 4 unspecified atom stereocenters. The van der Waals surface area contributed by atoms with E-state index in [1.807, 2.05) is 0 Å². The minimum Gasteiger partial charge on any atom is -0.0776 e. The van der Waals surface area contributed by atoms with Crippen LogP contribution in [0, 0.1) is 23.7 Å². The lowest BCUT2D eigenvalue weighted by atomic mass is 9.66. The third-order valence-corrected chi connectivity index (χ3v) is 7.09. The molecule has 0 radical (unpaired) electrons. The van der Waals surface area contributed by atoms with Gasteiger partial charge in [-0.1, -0.05) is 153 Å². The largest absolute Gasteiger partial charge is 0.0776 e. The average molecular weight is 413 g/mol. The van der Waals surface area contributed by atoms with E-state index in [0.29, 0.717) is 0 Å². The van der Waals surface area contributed by atoms with Gasteiger partial charge < -0.3 is 0 Å². The van der Waals surface area contributed by atoms with Crippen LogP contribution in [0.1, 0.15) is 166 Å². The lowest BCUT2D eigenvalue weighted by Crippen LogP contribution is -2.30. The van der Waals surface area contributed by atoms with E-state index in [4.69, 9.17) is 0 Å². The van der Waals surface area contributed by atoms with Crippen LogP contribution in [0.5, 0.6) is 0 Å². The molecule has 0 aromatic rings. The Morgan fingerprint density at radius 3 is 1.24 bits per heavy atom. The number of hydrogen-bond donors (Lipinski definition) is 0. The fourth-order valence-corrected chi connectivity index (χ4v) is 4.66. The summed E-state index contributed by atoms with van der Waals surface area (Å²) in [6.07, 6.45) is 22.7. The summed E-state index contributed by atoms with van der Waals surface area (Å²) in [6.45, 7) is 18.6. The van der Waals surface area contributed by atoms with E-state index in [0.717, 1.165) is 23.7 Å². The molecule has 0 nitrogen and oxygen atoms in total. The standard InChI is InChI=1S/C15H30.C8H18.C5H12.CH4/c1-5-7-8-9-15-11-10-14(6-2)12(3)13(15)4;1-3-5-7-8-6-4-2;1-3-5-4-2;/h12-15H,5-11H2,1-4H3;3-8H2,1-2H3;3-5H2,1-2H3;1H4. The molecular formula is C29H64. The second kappa shape index (κ2) is 26.0. The van der Waals surface area contributed by atoms with Gasteiger partial charge in [0.25, 0.3) is 0 Å². The van der Waals surface area contributed by atoms with Gasteiger partial charge in [-0.25, -0.2) is 0 Å². The molecule has 0 heterocycles. The van der Waals surface area contributed by atoms with Crippen LogP contribution in [-0.4, -0.2) is 0 Å². The van der Waals surface area contributed by atoms with Crippen molar-refractivity contribution in [2.75, 3.05) is 0 Å². The van der Waals surface area contributed by atoms with E-state index in [-0.39, 0.29) is 7.43 Å². The summed E-state index contributed by atoms with van der Waals surface area (Å²) in [5.74, 6) is 3.99. The van der Waals surface area contributed by atoms with Crippen LogP contribution in [0.25, 0.3) is 0 Å². The summed E-state index contributed by atoms with van der Waals surface area (Å²) in [5.41, 5.74) is 0. The SMILES string of the molecule is C.CCCCC.CCCCCC1CCC(CC)C(C)C1C.CCCCCCCC. The van der Waals surface area contributed by atoms with E-state index in [2.05, 4.69) is 55.4 Å². The maximum Gasteiger partial charge on any atom is -0.0386 e. The third-order valence-electron chi connectivity index (χ3n) is 7.09. The quantitative estimate of drug-likeness (QED) is 0.279. The predicted molar refractivity (Wildman–Crippen MR) is 140 cm³/mol. The number of rotatable bonds is 12. The lowest BCUT2D eigenvalue weighted by molar-refractivity contribution is 0.105. The van der Waals surface area contributed by atoms with Gasteiger partial charge in [0.15, 0.2) is 0 Å². The fourth-order valence-electron chi connectivity index (χ4n) is 4.66. The molecule has 180 valence electrons. The summed E-state index contributed by atoms with van der Waals surface area (Å²) in [7, 11) is 0. The second-order valence-electron chi connectivity index (χ2n) is 9.49. The van der Waals surface area contributed by atoms with E-state index >= 15 is 0 Å². The topological polar surface area (TPSA) is 0 Å². The second-order valence-corrected chi connectivity index (χ2v) is 9.49. The zero-order chi connectivity index (χ0) is 21.6. The molecule has 29 heavy (non-hydrogen) atoms. The van der Waals surface area contributed by atoms with Crippen molar-refractivity contribution in [2.45, 2.75) is 166 Å². The molecule has 0 amide bonds.